The van der Waals surface area contributed by atoms with E-state index < -0.39 is 0 Å². The van der Waals surface area contributed by atoms with Gasteiger partial charge in [-0.2, -0.15) is 0 Å². The topological polar surface area (TPSA) is 67.6 Å². The van der Waals surface area contributed by atoms with E-state index in [1.807, 2.05) is 24.3 Å². The van der Waals surface area contributed by atoms with Crippen LogP contribution in [0, 0.1) is 10.1 Å². The number of para-hydroxylation sites is 1. The van der Waals surface area contributed by atoms with E-state index in [4.69, 9.17) is 4.74 Å². The fourth-order valence-electron chi connectivity index (χ4n) is 3.01. The number of nitro benzene ring substituents is 1. The highest BCUT2D eigenvalue weighted by molar-refractivity contribution is 7.15. The maximum absolute atomic E-state index is 11.2. The molecule has 2 heterocycles. The van der Waals surface area contributed by atoms with E-state index in [2.05, 4.69) is 17.1 Å². The largest absolute Gasteiger partial charge is 0.379 e. The van der Waals surface area contributed by atoms with E-state index in [-0.39, 0.29) is 10.6 Å². The fraction of sp³-hybridized carbons (Fsp3) is 0.444. The fourth-order valence-corrected chi connectivity index (χ4v) is 4.02. The Hall–Kier alpha value is -1.80. The third-order valence-electron chi connectivity index (χ3n) is 4.44. The van der Waals surface area contributed by atoms with Crippen molar-refractivity contribution >= 4 is 17.0 Å². The molecule has 0 saturated carbocycles. The first kappa shape index (κ1) is 18.0. The van der Waals surface area contributed by atoms with Crippen molar-refractivity contribution in [2.45, 2.75) is 19.5 Å². The molecule has 2 aromatic rings. The van der Waals surface area contributed by atoms with Crippen molar-refractivity contribution in [2.75, 3.05) is 32.8 Å². The Balaban J connectivity index is 1.56. The number of thiophene rings is 1. The van der Waals surface area contributed by atoms with Crippen molar-refractivity contribution < 1.29 is 9.66 Å². The van der Waals surface area contributed by atoms with E-state index in [1.54, 1.807) is 23.5 Å². The zero-order chi connectivity index (χ0) is 17.6. The van der Waals surface area contributed by atoms with E-state index >= 15 is 0 Å². The van der Waals surface area contributed by atoms with Crippen LogP contribution in [0.4, 0.5) is 5.69 Å². The van der Waals surface area contributed by atoms with Crippen LogP contribution < -0.4 is 5.32 Å². The van der Waals surface area contributed by atoms with Crippen LogP contribution >= 0.6 is 11.3 Å². The third-order valence-corrected chi connectivity index (χ3v) is 5.55. The van der Waals surface area contributed by atoms with E-state index in [0.717, 1.165) is 44.3 Å². The molecule has 0 amide bonds. The molecule has 1 fully saturated rings. The second-order valence-electron chi connectivity index (χ2n) is 6.17. The lowest BCUT2D eigenvalue weighted by Gasteiger charge is -2.32. The summed E-state index contributed by atoms with van der Waals surface area (Å²) in [4.78, 5) is 15.4. The molecule has 1 saturated heterocycles. The summed E-state index contributed by atoms with van der Waals surface area (Å²) in [5, 5.41) is 14.7. The number of benzene rings is 1. The van der Waals surface area contributed by atoms with Crippen molar-refractivity contribution in [3.8, 4) is 10.4 Å². The van der Waals surface area contributed by atoms with Gasteiger partial charge in [0, 0.05) is 48.0 Å². The summed E-state index contributed by atoms with van der Waals surface area (Å²) in [5.74, 6) is 0. The molecule has 0 spiro atoms. The van der Waals surface area contributed by atoms with Gasteiger partial charge in [0.25, 0.3) is 5.69 Å². The molecule has 1 atom stereocenters. The number of nitrogens with one attached hydrogen (secondary N) is 1. The lowest BCUT2D eigenvalue weighted by molar-refractivity contribution is -0.384. The van der Waals surface area contributed by atoms with Crippen LogP contribution in [0.1, 0.15) is 11.8 Å². The molecule has 1 N–H and O–H groups in total. The highest BCUT2D eigenvalue weighted by Gasteiger charge is 2.17. The number of nitro groups is 1. The van der Waals surface area contributed by atoms with Crippen LogP contribution in [0.15, 0.2) is 36.4 Å². The van der Waals surface area contributed by atoms with Crippen LogP contribution in [0.2, 0.25) is 0 Å². The zero-order valence-electron chi connectivity index (χ0n) is 14.3. The molecule has 3 rings (SSSR count). The summed E-state index contributed by atoms with van der Waals surface area (Å²) in [6.45, 7) is 7.53. The first-order valence-electron chi connectivity index (χ1n) is 8.50. The molecule has 1 aliphatic heterocycles. The number of rotatable bonds is 7. The van der Waals surface area contributed by atoms with Crippen LogP contribution in [-0.4, -0.2) is 48.7 Å². The second kappa shape index (κ2) is 8.53. The van der Waals surface area contributed by atoms with Gasteiger partial charge < -0.3 is 10.1 Å². The van der Waals surface area contributed by atoms with Gasteiger partial charge in [0.05, 0.1) is 23.7 Å². The maximum atomic E-state index is 11.2. The molecule has 1 aromatic carbocycles. The molecule has 0 radical (unpaired) electrons. The SMILES string of the molecule is CC(CNCc1ccc(-c2ccccc2[N+](=O)[O-])s1)N1CCOCC1. The Morgan fingerprint density at radius 1 is 1.28 bits per heavy atom. The monoisotopic (exact) mass is 361 g/mol. The molecule has 1 aromatic heterocycles. The van der Waals surface area contributed by atoms with Crippen LogP contribution in [0.25, 0.3) is 10.4 Å². The Labute approximate surface area is 151 Å². The Morgan fingerprint density at radius 2 is 2.04 bits per heavy atom. The van der Waals surface area contributed by atoms with Gasteiger partial charge in [0.2, 0.25) is 0 Å². The molecular weight excluding hydrogens is 338 g/mol. The maximum Gasteiger partial charge on any atom is 0.278 e. The molecule has 0 bridgehead atoms. The predicted molar refractivity (Wildman–Crippen MR) is 100.0 cm³/mol. The summed E-state index contributed by atoms with van der Waals surface area (Å²) >= 11 is 1.60. The van der Waals surface area contributed by atoms with Crippen molar-refractivity contribution in [1.82, 2.24) is 10.2 Å². The minimum atomic E-state index is -0.322. The summed E-state index contributed by atoms with van der Waals surface area (Å²) in [7, 11) is 0. The molecule has 6 nitrogen and oxygen atoms in total. The number of ether oxygens (including phenoxy) is 1. The molecule has 134 valence electrons. The lowest BCUT2D eigenvalue weighted by atomic mass is 10.1. The van der Waals surface area contributed by atoms with Gasteiger partial charge in [-0.1, -0.05) is 12.1 Å². The van der Waals surface area contributed by atoms with E-state index in [9.17, 15) is 10.1 Å². The summed E-state index contributed by atoms with van der Waals surface area (Å²) in [6, 6.07) is 11.4. The van der Waals surface area contributed by atoms with Gasteiger partial charge in [-0.15, -0.1) is 11.3 Å². The smallest absolute Gasteiger partial charge is 0.278 e. The van der Waals surface area contributed by atoms with Crippen molar-refractivity contribution in [1.29, 1.82) is 0 Å². The molecule has 25 heavy (non-hydrogen) atoms. The highest BCUT2D eigenvalue weighted by atomic mass is 32.1. The Bertz CT molecular complexity index is 713. The molecule has 1 unspecified atom stereocenters. The number of hydrogen-bond acceptors (Lipinski definition) is 6. The standard InChI is InChI=1S/C18H23N3O3S/c1-14(20-8-10-24-11-9-20)12-19-13-15-6-7-18(25-15)16-4-2-3-5-17(16)21(22)23/h2-7,14,19H,8-13H2,1H3. The second-order valence-corrected chi connectivity index (χ2v) is 7.34. The van der Waals surface area contributed by atoms with Crippen molar-refractivity contribution in [2.24, 2.45) is 0 Å². The number of nitrogens with zero attached hydrogens (tertiary/aromatic N) is 2. The summed E-state index contributed by atoms with van der Waals surface area (Å²) in [6.07, 6.45) is 0. The normalized spacial score (nSPS) is 16.7. The van der Waals surface area contributed by atoms with E-state index in [1.165, 1.54) is 4.88 Å². The van der Waals surface area contributed by atoms with Crippen LogP contribution in [0.5, 0.6) is 0 Å². The first-order valence-corrected chi connectivity index (χ1v) is 9.32. The van der Waals surface area contributed by atoms with Crippen LogP contribution in [0.3, 0.4) is 0 Å². The summed E-state index contributed by atoms with van der Waals surface area (Å²) < 4.78 is 5.39. The Kier molecular flexibility index (Phi) is 6.14. The van der Waals surface area contributed by atoms with Crippen LogP contribution in [-0.2, 0) is 11.3 Å². The van der Waals surface area contributed by atoms with Crippen molar-refractivity contribution in [3.63, 3.8) is 0 Å². The minimum Gasteiger partial charge on any atom is -0.379 e. The van der Waals surface area contributed by atoms with Crippen molar-refractivity contribution in [3.05, 3.63) is 51.4 Å². The van der Waals surface area contributed by atoms with Gasteiger partial charge in [-0.3, -0.25) is 15.0 Å². The zero-order valence-corrected chi connectivity index (χ0v) is 15.1. The molecular formula is C18H23N3O3S. The highest BCUT2D eigenvalue weighted by Crippen LogP contribution is 2.34. The van der Waals surface area contributed by atoms with Gasteiger partial charge in [0.15, 0.2) is 0 Å². The summed E-state index contributed by atoms with van der Waals surface area (Å²) in [5.41, 5.74) is 0.843. The van der Waals surface area contributed by atoms with E-state index in [0.29, 0.717) is 11.6 Å². The number of morpholine rings is 1. The quantitative estimate of drug-likeness (QED) is 0.606. The van der Waals surface area contributed by atoms with Gasteiger partial charge in [-0.05, 0) is 25.1 Å². The molecule has 0 aliphatic carbocycles. The lowest BCUT2D eigenvalue weighted by Crippen LogP contribution is -2.46. The van der Waals surface area contributed by atoms with Gasteiger partial charge >= 0.3 is 0 Å². The minimum absolute atomic E-state index is 0.157. The third kappa shape index (κ3) is 4.64. The van der Waals surface area contributed by atoms with Gasteiger partial charge in [0.1, 0.15) is 0 Å². The average molecular weight is 361 g/mol. The molecule has 7 heteroatoms. The number of hydrogen-bond donors (Lipinski definition) is 1. The average Bonchev–Trinajstić information content (AvgIpc) is 3.11. The first-order chi connectivity index (χ1) is 12.1. The Morgan fingerprint density at radius 3 is 2.80 bits per heavy atom. The van der Waals surface area contributed by atoms with Gasteiger partial charge in [-0.25, -0.2) is 0 Å². The predicted octanol–water partition coefficient (Wildman–Crippen LogP) is 3.13. The molecule has 1 aliphatic rings.